The van der Waals surface area contributed by atoms with Gasteiger partial charge in [-0.1, -0.05) is 12.1 Å². The molecule has 0 aliphatic carbocycles. The van der Waals surface area contributed by atoms with Crippen LogP contribution in [0.5, 0.6) is 0 Å². The van der Waals surface area contributed by atoms with Crippen LogP contribution in [0.25, 0.3) is 22.2 Å². The molecule has 0 spiro atoms. The van der Waals surface area contributed by atoms with E-state index in [2.05, 4.69) is 19.9 Å². The van der Waals surface area contributed by atoms with Crippen molar-refractivity contribution in [3.05, 3.63) is 78.4 Å². The number of pyridine rings is 1. The van der Waals surface area contributed by atoms with Crippen LogP contribution in [0.4, 0.5) is 4.39 Å². The lowest BCUT2D eigenvalue weighted by Crippen LogP contribution is -1.98. The molecule has 4 rings (SSSR count). The topological polar surface area (TPSA) is 54.5 Å². The van der Waals surface area contributed by atoms with E-state index in [1.807, 2.05) is 30.6 Å². The predicted octanol–water partition coefficient (Wildman–Crippen LogP) is 3.75. The highest BCUT2D eigenvalue weighted by atomic mass is 19.1. The minimum absolute atomic E-state index is 0.249. The summed E-state index contributed by atoms with van der Waals surface area (Å²) in [7, 11) is 0. The molecule has 112 valence electrons. The summed E-state index contributed by atoms with van der Waals surface area (Å²) in [6, 6.07) is 10.3. The van der Waals surface area contributed by atoms with Gasteiger partial charge < -0.3 is 4.98 Å². The molecule has 1 aromatic carbocycles. The average molecular weight is 304 g/mol. The summed E-state index contributed by atoms with van der Waals surface area (Å²) in [5, 5.41) is 1.02. The van der Waals surface area contributed by atoms with Crippen molar-refractivity contribution >= 4 is 10.9 Å². The minimum Gasteiger partial charge on any atom is -0.360 e. The molecule has 0 bridgehead atoms. The van der Waals surface area contributed by atoms with Gasteiger partial charge in [0.25, 0.3) is 0 Å². The fourth-order valence-electron chi connectivity index (χ4n) is 2.64. The van der Waals surface area contributed by atoms with Crippen molar-refractivity contribution in [3.8, 4) is 11.3 Å². The second-order valence-corrected chi connectivity index (χ2v) is 5.29. The van der Waals surface area contributed by atoms with Crippen LogP contribution in [0.1, 0.15) is 11.4 Å². The first-order valence-corrected chi connectivity index (χ1v) is 7.27. The highest BCUT2D eigenvalue weighted by Crippen LogP contribution is 2.26. The first kappa shape index (κ1) is 13.6. The van der Waals surface area contributed by atoms with Crippen molar-refractivity contribution in [3.63, 3.8) is 0 Å². The summed E-state index contributed by atoms with van der Waals surface area (Å²) in [6.07, 6.45) is 7.70. The number of hydrogen-bond donors (Lipinski definition) is 1. The number of H-pyrrole nitrogens is 1. The van der Waals surface area contributed by atoms with E-state index >= 15 is 0 Å². The molecule has 3 aromatic heterocycles. The normalized spacial score (nSPS) is 11.0. The Bertz CT molecular complexity index is 977. The van der Waals surface area contributed by atoms with E-state index in [0.29, 0.717) is 12.2 Å². The van der Waals surface area contributed by atoms with Crippen LogP contribution >= 0.6 is 0 Å². The molecule has 0 radical (unpaired) electrons. The van der Waals surface area contributed by atoms with E-state index in [0.717, 1.165) is 27.7 Å². The van der Waals surface area contributed by atoms with Crippen molar-refractivity contribution in [2.45, 2.75) is 6.42 Å². The highest BCUT2D eigenvalue weighted by molar-refractivity contribution is 5.93. The molecular formula is C18H13FN4. The van der Waals surface area contributed by atoms with Gasteiger partial charge in [-0.15, -0.1) is 0 Å². The molecule has 3 heterocycles. The van der Waals surface area contributed by atoms with Gasteiger partial charge in [0.15, 0.2) is 0 Å². The third-order valence-electron chi connectivity index (χ3n) is 3.72. The Morgan fingerprint density at radius 1 is 1.09 bits per heavy atom. The molecule has 0 unspecified atom stereocenters. The first-order chi connectivity index (χ1) is 11.3. The number of halogens is 1. The Labute approximate surface area is 132 Å². The summed E-state index contributed by atoms with van der Waals surface area (Å²) in [5.74, 6) is 0.410. The van der Waals surface area contributed by atoms with E-state index in [1.54, 1.807) is 18.5 Å². The Balaban J connectivity index is 1.71. The summed E-state index contributed by atoms with van der Waals surface area (Å²) in [4.78, 5) is 16.3. The van der Waals surface area contributed by atoms with Gasteiger partial charge >= 0.3 is 0 Å². The lowest BCUT2D eigenvalue weighted by molar-refractivity contribution is 0.626. The number of rotatable bonds is 3. The van der Waals surface area contributed by atoms with Crippen LogP contribution in [-0.4, -0.2) is 19.9 Å². The lowest BCUT2D eigenvalue weighted by atomic mass is 10.1. The maximum Gasteiger partial charge on any atom is 0.133 e. The van der Waals surface area contributed by atoms with E-state index in [4.69, 9.17) is 0 Å². The molecule has 0 saturated carbocycles. The largest absolute Gasteiger partial charge is 0.360 e. The second kappa shape index (κ2) is 5.61. The van der Waals surface area contributed by atoms with E-state index in [-0.39, 0.29) is 5.82 Å². The Kier molecular flexibility index (Phi) is 3.31. The zero-order chi connectivity index (χ0) is 15.6. The number of aromatic amines is 1. The van der Waals surface area contributed by atoms with Gasteiger partial charge in [0.2, 0.25) is 0 Å². The molecule has 0 aliphatic rings. The van der Waals surface area contributed by atoms with Gasteiger partial charge in [-0.3, -0.25) is 4.98 Å². The molecule has 0 atom stereocenters. The second-order valence-electron chi connectivity index (χ2n) is 5.29. The third-order valence-corrected chi connectivity index (χ3v) is 3.72. The van der Waals surface area contributed by atoms with Crippen LogP contribution in [0.15, 0.2) is 61.2 Å². The molecule has 0 aliphatic heterocycles. The SMILES string of the molecule is Fc1cccc(Cc2nccc(-c3c[nH]c4ccncc34)n2)c1. The monoisotopic (exact) mass is 304 g/mol. The summed E-state index contributed by atoms with van der Waals surface area (Å²) >= 11 is 0. The third kappa shape index (κ3) is 2.68. The van der Waals surface area contributed by atoms with Crippen molar-refractivity contribution in [2.24, 2.45) is 0 Å². The van der Waals surface area contributed by atoms with Crippen LogP contribution in [0, 0.1) is 5.82 Å². The Morgan fingerprint density at radius 2 is 2.04 bits per heavy atom. The number of fused-ring (bicyclic) bond motifs is 1. The standard InChI is InChI=1S/C18H13FN4/c19-13-3-1-2-12(8-13)9-18-21-7-5-17(23-18)15-11-22-16-4-6-20-10-14(15)16/h1-8,10-11,22H,9H2. The maximum absolute atomic E-state index is 13.3. The first-order valence-electron chi connectivity index (χ1n) is 7.27. The molecular weight excluding hydrogens is 291 g/mol. The van der Waals surface area contributed by atoms with E-state index in [1.165, 1.54) is 12.1 Å². The lowest BCUT2D eigenvalue weighted by Gasteiger charge is -2.04. The fourth-order valence-corrected chi connectivity index (χ4v) is 2.64. The zero-order valence-electron chi connectivity index (χ0n) is 12.2. The van der Waals surface area contributed by atoms with Gasteiger partial charge in [-0.05, 0) is 29.8 Å². The molecule has 0 amide bonds. The molecule has 4 nitrogen and oxygen atoms in total. The van der Waals surface area contributed by atoms with Gasteiger partial charge in [0.1, 0.15) is 11.6 Å². The van der Waals surface area contributed by atoms with Gasteiger partial charge in [0, 0.05) is 47.7 Å². The number of nitrogens with zero attached hydrogens (tertiary/aromatic N) is 3. The number of aromatic nitrogens is 4. The average Bonchev–Trinajstić information content (AvgIpc) is 2.99. The van der Waals surface area contributed by atoms with Crippen LogP contribution in [0.3, 0.4) is 0 Å². The number of nitrogens with one attached hydrogen (secondary N) is 1. The fraction of sp³-hybridized carbons (Fsp3) is 0.0556. The summed E-state index contributed by atoms with van der Waals surface area (Å²) in [5.41, 5.74) is 3.67. The quantitative estimate of drug-likeness (QED) is 0.627. The molecule has 23 heavy (non-hydrogen) atoms. The van der Waals surface area contributed by atoms with Gasteiger partial charge in [-0.2, -0.15) is 0 Å². The van der Waals surface area contributed by atoms with Crippen molar-refractivity contribution in [2.75, 3.05) is 0 Å². The Morgan fingerprint density at radius 3 is 2.96 bits per heavy atom. The van der Waals surface area contributed by atoms with Gasteiger partial charge in [0.05, 0.1) is 5.69 Å². The smallest absolute Gasteiger partial charge is 0.133 e. The molecule has 0 fully saturated rings. The van der Waals surface area contributed by atoms with Crippen LogP contribution in [-0.2, 0) is 6.42 Å². The van der Waals surface area contributed by atoms with Crippen molar-refractivity contribution < 1.29 is 4.39 Å². The number of benzene rings is 1. The van der Waals surface area contributed by atoms with Crippen molar-refractivity contribution in [1.82, 2.24) is 19.9 Å². The zero-order valence-corrected chi connectivity index (χ0v) is 12.2. The summed E-state index contributed by atoms with van der Waals surface area (Å²) < 4.78 is 13.3. The van der Waals surface area contributed by atoms with Crippen LogP contribution in [0.2, 0.25) is 0 Å². The molecule has 1 N–H and O–H groups in total. The number of hydrogen-bond acceptors (Lipinski definition) is 3. The van der Waals surface area contributed by atoms with Gasteiger partial charge in [-0.25, -0.2) is 14.4 Å². The van der Waals surface area contributed by atoms with E-state index < -0.39 is 0 Å². The Hall–Kier alpha value is -3.08. The molecule has 0 saturated heterocycles. The summed E-state index contributed by atoms with van der Waals surface area (Å²) in [6.45, 7) is 0. The van der Waals surface area contributed by atoms with Crippen LogP contribution < -0.4 is 0 Å². The van der Waals surface area contributed by atoms with Crippen molar-refractivity contribution in [1.29, 1.82) is 0 Å². The maximum atomic E-state index is 13.3. The molecule has 4 aromatic rings. The predicted molar refractivity (Wildman–Crippen MR) is 86.3 cm³/mol. The minimum atomic E-state index is -0.249. The molecule has 5 heteroatoms. The van der Waals surface area contributed by atoms with E-state index in [9.17, 15) is 4.39 Å². The highest BCUT2D eigenvalue weighted by Gasteiger charge is 2.09.